The second-order valence-electron chi connectivity index (χ2n) is 23.6. The molecule has 2 aromatic heterocycles. The summed E-state index contributed by atoms with van der Waals surface area (Å²) in [5.41, 5.74) is 12.9. The Kier molecular flexibility index (Phi) is 11.4. The number of anilines is 2. The average Bonchev–Trinajstić information content (AvgIpc) is 2.57. The molecule has 0 fully saturated rings. The van der Waals surface area contributed by atoms with Crippen molar-refractivity contribution in [2.24, 2.45) is 0 Å². The van der Waals surface area contributed by atoms with Gasteiger partial charge in [0.25, 0.3) is 11.8 Å². The van der Waals surface area contributed by atoms with Crippen LogP contribution in [0, 0.1) is 0 Å². The third kappa shape index (κ3) is 7.34. The van der Waals surface area contributed by atoms with E-state index in [0.717, 1.165) is 82.5 Å². The summed E-state index contributed by atoms with van der Waals surface area (Å²) in [5, 5.41) is 10.6. The van der Waals surface area contributed by atoms with Crippen LogP contribution in [0.3, 0.4) is 0 Å². The molecule has 2 aliphatic heterocycles. The molecule has 0 N–H and O–H groups in total. The Morgan fingerprint density at radius 2 is 0.707 bits per heavy atom. The van der Waals surface area contributed by atoms with E-state index >= 15 is 9.59 Å². The second-order valence-corrected chi connectivity index (χ2v) is 23.6. The van der Waals surface area contributed by atoms with Crippen LogP contribution in [-0.2, 0) is 17.9 Å². The smallest absolute Gasteiger partial charge is 0.283 e. The SMILES string of the molecule is CC(C)c1cccc(C(C)C)c1N1CCc2cc3oc4ccccc4c4ccccc4oc4cc5c6c(cc7oc8ccccc8c8ccccc8oc8cc(c2c2c3c4c6c7c82)C1=O)C(=O)N(c1c(C(C)C)cccc1C(C)C)OC5. The first-order chi connectivity index (χ1) is 39.8. The molecule has 2 aliphatic rings. The molecular formula is C73H60N2O7. The van der Waals surface area contributed by atoms with Crippen molar-refractivity contribution >= 4 is 132 Å². The van der Waals surface area contributed by atoms with E-state index in [-0.39, 0.29) is 42.1 Å². The highest BCUT2D eigenvalue weighted by Crippen LogP contribution is 2.53. The van der Waals surface area contributed by atoms with Crippen LogP contribution < -0.4 is 9.96 Å². The maximum atomic E-state index is 16.4. The minimum atomic E-state index is -0.329. The van der Waals surface area contributed by atoms with Gasteiger partial charge in [-0.2, -0.15) is 5.06 Å². The van der Waals surface area contributed by atoms with Gasteiger partial charge in [-0.15, -0.1) is 0 Å². The highest BCUT2D eigenvalue weighted by atomic mass is 16.7. The van der Waals surface area contributed by atoms with Crippen molar-refractivity contribution in [2.75, 3.05) is 16.5 Å². The van der Waals surface area contributed by atoms with Crippen LogP contribution in [-0.4, -0.2) is 18.4 Å². The van der Waals surface area contributed by atoms with Crippen molar-refractivity contribution in [3.05, 3.63) is 202 Å². The van der Waals surface area contributed by atoms with E-state index in [1.54, 1.807) is 0 Å². The van der Waals surface area contributed by atoms with E-state index in [0.29, 0.717) is 95.7 Å². The number of para-hydroxylation sites is 6. The van der Waals surface area contributed by atoms with Crippen molar-refractivity contribution < 1.29 is 32.1 Å². The molecule has 11 aromatic carbocycles. The maximum absolute atomic E-state index is 16.4. The van der Waals surface area contributed by atoms with Gasteiger partial charge in [-0.25, -0.2) is 0 Å². The number of nitrogens with zero attached hydrogens (tertiary/aromatic N) is 2. The predicted octanol–water partition coefficient (Wildman–Crippen LogP) is 20.1. The van der Waals surface area contributed by atoms with E-state index in [1.165, 1.54) is 5.06 Å². The van der Waals surface area contributed by atoms with Crippen LogP contribution in [0.25, 0.3) is 109 Å². The largest absolute Gasteiger partial charge is 0.456 e. The normalized spacial score (nSPS) is 14.1. The first kappa shape index (κ1) is 49.8. The van der Waals surface area contributed by atoms with Crippen LogP contribution in [0.4, 0.5) is 11.4 Å². The Bertz CT molecular complexity index is 4640. The minimum absolute atomic E-state index is 0.0313. The van der Waals surface area contributed by atoms with Gasteiger partial charge in [-0.1, -0.05) is 165 Å². The molecule has 15 rings (SSSR count). The van der Waals surface area contributed by atoms with E-state index in [9.17, 15) is 0 Å². The van der Waals surface area contributed by atoms with Crippen molar-refractivity contribution in [3.8, 4) is 0 Å². The number of benzene rings is 11. The van der Waals surface area contributed by atoms with Gasteiger partial charge >= 0.3 is 0 Å². The van der Waals surface area contributed by atoms with Gasteiger partial charge in [0.1, 0.15) is 51.3 Å². The molecule has 9 heteroatoms. The van der Waals surface area contributed by atoms with E-state index in [1.807, 2.05) is 102 Å². The highest BCUT2D eigenvalue weighted by molar-refractivity contribution is 6.45. The number of carbonyl (C=O) groups excluding carboxylic acids is 2. The van der Waals surface area contributed by atoms with Crippen molar-refractivity contribution in [2.45, 2.75) is 92.1 Å². The van der Waals surface area contributed by atoms with Gasteiger partial charge in [-0.3, -0.25) is 14.4 Å². The van der Waals surface area contributed by atoms with E-state index in [4.69, 9.17) is 22.5 Å². The van der Waals surface area contributed by atoms with Crippen LogP contribution in [0.5, 0.6) is 0 Å². The summed E-state index contributed by atoms with van der Waals surface area (Å²) in [6.07, 6.45) is 0.515. The quantitative estimate of drug-likeness (QED) is 0.121. The number of hydroxylamine groups is 1. The lowest BCUT2D eigenvalue weighted by molar-refractivity contribution is 0.0614. The first-order valence-electron chi connectivity index (χ1n) is 28.8. The molecule has 82 heavy (non-hydrogen) atoms. The number of hydrogen-bond acceptors (Lipinski definition) is 7. The Hall–Kier alpha value is -9.18. The zero-order chi connectivity index (χ0) is 56.0. The molecule has 0 saturated carbocycles. The molecule has 2 amide bonds. The summed E-state index contributed by atoms with van der Waals surface area (Å²) < 4.78 is 30.2. The van der Waals surface area contributed by atoms with Gasteiger partial charge in [0.05, 0.1) is 22.5 Å². The summed E-state index contributed by atoms with van der Waals surface area (Å²) >= 11 is 0. The highest BCUT2D eigenvalue weighted by Gasteiger charge is 2.37. The van der Waals surface area contributed by atoms with Crippen molar-refractivity contribution in [1.82, 2.24) is 0 Å². The molecule has 0 radical (unpaired) electrons. The molecule has 0 saturated heterocycles. The number of rotatable bonds is 6. The molecule has 404 valence electrons. The van der Waals surface area contributed by atoms with Gasteiger partial charge in [0.15, 0.2) is 0 Å². The summed E-state index contributed by atoms with van der Waals surface area (Å²) in [7, 11) is 0. The Morgan fingerprint density at radius 3 is 1.12 bits per heavy atom. The number of carbonyl (C=O) groups is 2. The monoisotopic (exact) mass is 1080 g/mol. The predicted molar refractivity (Wildman–Crippen MR) is 333 cm³/mol. The third-order valence-electron chi connectivity index (χ3n) is 17.3. The lowest BCUT2D eigenvalue weighted by atomic mass is 9.83. The number of hydrogen-bond donors (Lipinski definition) is 0. The van der Waals surface area contributed by atoms with Crippen molar-refractivity contribution in [3.63, 3.8) is 0 Å². The van der Waals surface area contributed by atoms with E-state index < -0.39 is 0 Å². The second kappa shape index (κ2) is 18.7. The topological polar surface area (TPSA) is 102 Å². The average molecular weight is 1080 g/mol. The summed E-state index contributed by atoms with van der Waals surface area (Å²) in [6, 6.07) is 52.9. The molecule has 0 atom stereocenters. The molecule has 4 heterocycles. The fraction of sp³-hybridized carbons (Fsp3) is 0.205. The molecule has 13 aromatic rings. The standard InChI is InChI=1S/C73H60N2O7/c1-38(2)44-23-17-24-45(39(3)4)70(44)74-32-31-42-33-58-64-65-59(80-55-28-14-10-20-49(55)48-19-9-13-27-54(48)79-58)34-43-37-78-75(71-46(40(5)6)25-18-26-47(71)41(7)8)73(77)53-36-61-67(69(65)63(43)53)66-60(35-52(72(74)76)62(42)68(64)66)81-56-29-15-11-21-50(56)51-22-12-16-30-57(51)82-61/h9-30,33-36,38-41H,31-32,37H2,1-8H3. The maximum Gasteiger partial charge on any atom is 0.283 e. The lowest BCUT2D eigenvalue weighted by Crippen LogP contribution is -2.33. The molecule has 0 unspecified atom stereocenters. The molecule has 0 aliphatic carbocycles. The Balaban J connectivity index is 1.23. The van der Waals surface area contributed by atoms with Gasteiger partial charge in [0, 0.05) is 65.8 Å². The summed E-state index contributed by atoms with van der Waals surface area (Å²) in [4.78, 5) is 41.7. The van der Waals surface area contributed by atoms with Crippen LogP contribution in [0.1, 0.15) is 133 Å². The van der Waals surface area contributed by atoms with E-state index in [2.05, 4.69) is 116 Å². The minimum Gasteiger partial charge on any atom is -0.456 e. The lowest BCUT2D eigenvalue weighted by Gasteiger charge is -2.29. The van der Waals surface area contributed by atoms with Gasteiger partial charge in [-0.05, 0) is 117 Å². The zero-order valence-electron chi connectivity index (χ0n) is 47.2. The van der Waals surface area contributed by atoms with Crippen LogP contribution >= 0.6 is 0 Å². The fourth-order valence-electron chi connectivity index (χ4n) is 13.6. The Labute approximate surface area is 473 Å². The van der Waals surface area contributed by atoms with Gasteiger partial charge in [0.2, 0.25) is 0 Å². The molecule has 0 bridgehead atoms. The molecule has 9 nitrogen and oxygen atoms in total. The third-order valence-corrected chi connectivity index (χ3v) is 17.3. The number of amides is 2. The summed E-state index contributed by atoms with van der Waals surface area (Å²) in [5.74, 6) is -0.0377. The molecular weight excluding hydrogens is 1020 g/mol. The zero-order valence-corrected chi connectivity index (χ0v) is 47.2. The van der Waals surface area contributed by atoms with Crippen LogP contribution in [0.15, 0.2) is 175 Å². The number of fused-ring (bicyclic) bond motifs is 6. The summed E-state index contributed by atoms with van der Waals surface area (Å²) in [6.45, 7) is 17.8. The van der Waals surface area contributed by atoms with Crippen LogP contribution in [0.2, 0.25) is 0 Å². The fourth-order valence-corrected chi connectivity index (χ4v) is 13.6. The van der Waals surface area contributed by atoms with Gasteiger partial charge < -0.3 is 22.6 Å². The first-order valence-corrected chi connectivity index (χ1v) is 28.8. The van der Waals surface area contributed by atoms with Crippen molar-refractivity contribution in [1.29, 1.82) is 0 Å². The Morgan fingerprint density at radius 1 is 0.354 bits per heavy atom. The molecule has 0 spiro atoms.